The van der Waals surface area contributed by atoms with Crippen LogP contribution in [0.5, 0.6) is 11.5 Å². The van der Waals surface area contributed by atoms with Gasteiger partial charge in [0.05, 0.1) is 31.2 Å². The summed E-state index contributed by atoms with van der Waals surface area (Å²) < 4.78 is 16.0. The van der Waals surface area contributed by atoms with E-state index in [1.807, 2.05) is 62.4 Å². The molecule has 4 aliphatic carbocycles. The molecule has 10 heteroatoms. The number of carboxylic acids is 1. The number of fused-ring (bicyclic) bond motifs is 2. The molecule has 0 unspecified atom stereocenters. The number of esters is 1. The van der Waals surface area contributed by atoms with E-state index in [4.69, 9.17) is 14.2 Å². The summed E-state index contributed by atoms with van der Waals surface area (Å²) in [5.74, 6) is 14.2. The van der Waals surface area contributed by atoms with Gasteiger partial charge in [0.25, 0.3) is 0 Å². The molecule has 0 amide bonds. The Morgan fingerprint density at radius 3 is 1.30 bits per heavy atom. The number of hydrogen-bond donors (Lipinski definition) is 1. The summed E-state index contributed by atoms with van der Waals surface area (Å²) in [5.41, 5.74) is 9.82. The zero-order chi connectivity index (χ0) is 42.2. The van der Waals surface area contributed by atoms with Gasteiger partial charge in [0.1, 0.15) is 11.5 Å². The van der Waals surface area contributed by atoms with Crippen molar-refractivity contribution in [3.8, 4) is 35.2 Å². The molecule has 0 aromatic heterocycles. The van der Waals surface area contributed by atoms with E-state index in [0.29, 0.717) is 24.0 Å². The molecular weight excluding hydrogens is 800 g/mol. The molecule has 2 heterocycles. The van der Waals surface area contributed by atoms with Crippen LogP contribution in [-0.2, 0) is 40.0 Å². The van der Waals surface area contributed by atoms with E-state index in [0.717, 1.165) is 124 Å². The quantitative estimate of drug-likeness (QED) is 0.141. The SMILES string of the molecule is CCOc1ccc(C#Cc2ccc3c(c2)CC2(C3)CN(CC3(C(=O)O)CC3)C2)cc1.CCOc1ccc(C#Cc2ccc3c(c2)CC2(C3)CN(CC3(C(=O)OC)CC3)C2)cc1.[Na+].[OH-]. The minimum Gasteiger partial charge on any atom is -0.870 e. The number of ether oxygens (including phenoxy) is 3. The first-order valence-electron chi connectivity index (χ1n) is 22.0. The van der Waals surface area contributed by atoms with E-state index in [1.165, 1.54) is 29.4 Å². The minimum absolute atomic E-state index is 0. The standard InChI is InChI=1S/C27H29NO3.C26H27NO3.Na.H2O/c1-3-31-24-10-7-20(8-11-24)4-5-21-6-9-22-15-26(16-23(22)14-21)17-28(18-26)19-27(12-13-27)25(29)30-2;1-2-30-23-9-6-19(7-10-23)3-4-20-5-8-21-14-25(15-22(21)13-20)16-27(17-25)18-26(11-12-26)24(28)29;;/h6-11,14H,3,12-13,15-19H2,1-2H3;5-10,13H,2,11-12,14-18H2,1H3,(H,28,29);;1H2/q;;+1;/p-1. The third kappa shape index (κ3) is 10.2. The van der Waals surface area contributed by atoms with Gasteiger partial charge in [-0.25, -0.2) is 0 Å². The Morgan fingerprint density at radius 1 is 0.571 bits per heavy atom. The molecule has 2 N–H and O–H groups in total. The number of carboxylic acid groups (broad SMARTS) is 1. The summed E-state index contributed by atoms with van der Waals surface area (Å²) in [6.07, 6.45) is 8.05. The number of likely N-dealkylation sites (tertiary alicyclic amines) is 2. The summed E-state index contributed by atoms with van der Waals surface area (Å²) in [4.78, 5) is 28.3. The Balaban J connectivity index is 0.000000183. The van der Waals surface area contributed by atoms with Gasteiger partial charge in [0.15, 0.2) is 0 Å². The molecular formula is C53H57N2NaO7. The molecule has 4 aromatic rings. The van der Waals surface area contributed by atoms with E-state index < -0.39 is 11.4 Å². The van der Waals surface area contributed by atoms with Crippen molar-refractivity contribution in [1.29, 1.82) is 0 Å². The first kappa shape index (κ1) is 46.4. The van der Waals surface area contributed by atoms with E-state index in [1.54, 1.807) is 0 Å². The average molecular weight is 857 g/mol. The van der Waals surface area contributed by atoms with Crippen molar-refractivity contribution in [2.75, 3.05) is 59.6 Å². The fourth-order valence-corrected chi connectivity index (χ4v) is 10.4. The molecule has 322 valence electrons. The van der Waals surface area contributed by atoms with Crippen molar-refractivity contribution in [2.24, 2.45) is 21.7 Å². The fraction of sp³-hybridized carbons (Fsp3) is 0.434. The van der Waals surface area contributed by atoms with E-state index in [-0.39, 0.29) is 46.4 Å². The molecule has 2 aliphatic heterocycles. The van der Waals surface area contributed by atoms with E-state index in [9.17, 15) is 14.7 Å². The van der Waals surface area contributed by atoms with E-state index in [2.05, 4.69) is 69.9 Å². The van der Waals surface area contributed by atoms with Crippen LogP contribution in [0.15, 0.2) is 84.9 Å². The van der Waals surface area contributed by atoms with Gasteiger partial charge in [-0.05, 0) is 160 Å². The summed E-state index contributed by atoms with van der Waals surface area (Å²) in [7, 11) is 1.50. The molecule has 0 bridgehead atoms. The number of rotatable bonds is 10. The van der Waals surface area contributed by atoms with Crippen molar-refractivity contribution in [2.45, 2.75) is 65.2 Å². The Bertz CT molecular complexity index is 2440. The van der Waals surface area contributed by atoms with Crippen molar-refractivity contribution < 1.29 is 63.9 Å². The summed E-state index contributed by atoms with van der Waals surface area (Å²) >= 11 is 0. The zero-order valence-electron chi connectivity index (χ0n) is 37.2. The number of aliphatic carboxylic acids is 1. The van der Waals surface area contributed by atoms with Crippen LogP contribution < -0.4 is 39.0 Å². The fourth-order valence-electron chi connectivity index (χ4n) is 10.4. The van der Waals surface area contributed by atoms with Crippen molar-refractivity contribution >= 4 is 11.9 Å². The van der Waals surface area contributed by atoms with Gasteiger partial charge in [-0.1, -0.05) is 35.8 Å². The topological polar surface area (TPSA) is 119 Å². The van der Waals surface area contributed by atoms with Crippen molar-refractivity contribution in [3.63, 3.8) is 0 Å². The first-order valence-corrected chi connectivity index (χ1v) is 22.0. The van der Waals surface area contributed by atoms with Crippen LogP contribution in [-0.4, -0.2) is 91.9 Å². The molecule has 4 aromatic carbocycles. The Labute approximate surface area is 394 Å². The molecule has 10 rings (SSSR count). The van der Waals surface area contributed by atoms with Crippen molar-refractivity contribution in [3.05, 3.63) is 129 Å². The summed E-state index contributed by atoms with van der Waals surface area (Å²) in [6, 6.07) is 29.1. The third-order valence-corrected chi connectivity index (χ3v) is 13.8. The second-order valence-electron chi connectivity index (χ2n) is 18.7. The van der Waals surface area contributed by atoms with Gasteiger partial charge < -0.3 is 34.6 Å². The third-order valence-electron chi connectivity index (χ3n) is 13.8. The summed E-state index contributed by atoms with van der Waals surface area (Å²) in [6.45, 7) is 11.1. The van der Waals surface area contributed by atoms with Gasteiger partial charge in [-0.15, -0.1) is 0 Å². The first-order chi connectivity index (χ1) is 29.5. The second-order valence-corrected chi connectivity index (χ2v) is 18.7. The molecule has 2 saturated carbocycles. The van der Waals surface area contributed by atoms with Crippen molar-refractivity contribution in [1.82, 2.24) is 9.80 Å². The molecule has 0 radical (unpaired) electrons. The van der Waals surface area contributed by atoms with Crippen LogP contribution in [0.1, 0.15) is 84.0 Å². The van der Waals surface area contributed by atoms with Crippen LogP contribution in [0.25, 0.3) is 0 Å². The van der Waals surface area contributed by atoms with Crippen LogP contribution >= 0.6 is 0 Å². The average Bonchev–Trinajstić information content (AvgIpc) is 4.13. The van der Waals surface area contributed by atoms with E-state index >= 15 is 0 Å². The maximum atomic E-state index is 12.0. The number of carbonyl (C=O) groups is 2. The van der Waals surface area contributed by atoms with Crippen LogP contribution in [0.4, 0.5) is 0 Å². The summed E-state index contributed by atoms with van der Waals surface area (Å²) in [5, 5.41) is 9.43. The maximum absolute atomic E-state index is 12.0. The molecule has 2 spiro atoms. The monoisotopic (exact) mass is 856 g/mol. The predicted molar refractivity (Wildman–Crippen MR) is 238 cm³/mol. The van der Waals surface area contributed by atoms with Crippen LogP contribution in [0.2, 0.25) is 0 Å². The molecule has 4 fully saturated rings. The Morgan fingerprint density at radius 2 is 0.937 bits per heavy atom. The molecule has 9 nitrogen and oxygen atoms in total. The predicted octanol–water partition coefficient (Wildman–Crippen LogP) is 4.42. The minimum atomic E-state index is -0.617. The van der Waals surface area contributed by atoms with Gasteiger partial charge in [0, 0.05) is 72.4 Å². The molecule has 2 saturated heterocycles. The van der Waals surface area contributed by atoms with Gasteiger partial charge in [0.2, 0.25) is 0 Å². The number of methoxy groups -OCH3 is 1. The van der Waals surface area contributed by atoms with Gasteiger partial charge in [-0.3, -0.25) is 9.59 Å². The number of benzene rings is 4. The molecule has 63 heavy (non-hydrogen) atoms. The van der Waals surface area contributed by atoms with Crippen LogP contribution in [0, 0.1) is 45.3 Å². The molecule has 0 atom stereocenters. The molecule has 6 aliphatic rings. The number of nitrogens with zero attached hydrogens (tertiary/aromatic N) is 2. The maximum Gasteiger partial charge on any atom is 1.00 e. The number of hydrogen-bond acceptors (Lipinski definition) is 8. The van der Waals surface area contributed by atoms with Gasteiger partial charge in [-0.2, -0.15) is 0 Å². The smallest absolute Gasteiger partial charge is 0.870 e. The van der Waals surface area contributed by atoms with Crippen LogP contribution in [0.3, 0.4) is 0 Å². The number of carbonyl (C=O) groups excluding carboxylic acids is 1. The zero-order valence-corrected chi connectivity index (χ0v) is 39.2. The Hall–Kier alpha value is -4.58. The second kappa shape index (κ2) is 18.9. The normalized spacial score (nSPS) is 19.2. The largest absolute Gasteiger partial charge is 1.00 e. The van der Waals surface area contributed by atoms with Gasteiger partial charge >= 0.3 is 41.5 Å². The Kier molecular flexibility index (Phi) is 13.9.